The van der Waals surface area contributed by atoms with Crippen LogP contribution >= 0.6 is 7.14 Å². The second kappa shape index (κ2) is 9.79. The zero-order chi connectivity index (χ0) is 32.0. The van der Waals surface area contributed by atoms with Crippen LogP contribution in [0.1, 0.15) is 27.8 Å². The molecule has 2 unspecified atom stereocenters. The number of hydrogen-bond acceptors (Lipinski definition) is 2. The van der Waals surface area contributed by atoms with E-state index in [0.29, 0.717) is 5.56 Å². The van der Waals surface area contributed by atoms with Crippen molar-refractivity contribution in [2.24, 2.45) is 0 Å². The summed E-state index contributed by atoms with van der Waals surface area (Å²) in [5, 5.41) is 14.5. The summed E-state index contributed by atoms with van der Waals surface area (Å²) < 4.78 is 18.6. The highest BCUT2D eigenvalue weighted by molar-refractivity contribution is 7.85. The molecule has 4 heteroatoms. The van der Waals surface area contributed by atoms with Crippen LogP contribution < -0.4 is 15.9 Å². The largest absolute Gasteiger partial charge is 0.309 e. The van der Waals surface area contributed by atoms with Gasteiger partial charge < -0.3 is 9.13 Å². The van der Waals surface area contributed by atoms with Gasteiger partial charge in [0.15, 0.2) is 7.14 Å². The summed E-state index contributed by atoms with van der Waals surface area (Å²) >= 11 is 0. The number of benzene rings is 7. The lowest BCUT2D eigenvalue weighted by atomic mass is 9.62. The van der Waals surface area contributed by atoms with Gasteiger partial charge in [0.1, 0.15) is 0 Å². The molecule has 0 saturated heterocycles. The number of rotatable bonds is 2. The first-order chi connectivity index (χ1) is 23.7. The van der Waals surface area contributed by atoms with Crippen LogP contribution in [0.4, 0.5) is 0 Å². The standard InChI is InChI=1S/C44H27N2OP/c45-28-29-21-23-30(24-22-29)31-25-26-42-38(27-31)44(36-16-6-9-20-41(36)48(42,47)32-11-2-1-3-12-32)35-15-5-8-19-40(35)46-39-18-7-4-13-33(39)34-14-10-17-37(44)43(34)46/h1-27H. The highest BCUT2D eigenvalue weighted by atomic mass is 31.2. The van der Waals surface area contributed by atoms with Gasteiger partial charge in [0, 0.05) is 26.7 Å². The minimum atomic E-state index is -3.31. The lowest BCUT2D eigenvalue weighted by Gasteiger charge is -2.47. The summed E-state index contributed by atoms with van der Waals surface area (Å²) in [7, 11) is -3.31. The summed E-state index contributed by atoms with van der Waals surface area (Å²) in [5.74, 6) is 0. The number of fused-ring (bicyclic) bond motifs is 11. The maximum Gasteiger partial charge on any atom is 0.171 e. The van der Waals surface area contributed by atoms with Crippen LogP contribution in [0.2, 0.25) is 0 Å². The molecule has 48 heavy (non-hydrogen) atoms. The van der Waals surface area contributed by atoms with Gasteiger partial charge in [-0.05, 0) is 69.8 Å². The Kier molecular flexibility index (Phi) is 5.54. The Morgan fingerprint density at radius 3 is 2.02 bits per heavy atom. The third kappa shape index (κ3) is 3.30. The predicted molar refractivity (Wildman–Crippen MR) is 196 cm³/mol. The van der Waals surface area contributed by atoms with Crippen LogP contribution in [0.3, 0.4) is 0 Å². The number of nitriles is 1. The molecular weight excluding hydrogens is 603 g/mol. The second-order valence-corrected chi connectivity index (χ2v) is 15.4. The molecule has 0 saturated carbocycles. The van der Waals surface area contributed by atoms with E-state index in [-0.39, 0.29) is 0 Å². The van der Waals surface area contributed by atoms with Gasteiger partial charge in [-0.15, -0.1) is 0 Å². The summed E-state index contributed by atoms with van der Waals surface area (Å²) in [5.41, 5.74) is 9.81. The van der Waals surface area contributed by atoms with Gasteiger partial charge >= 0.3 is 0 Å². The Balaban J connectivity index is 1.43. The van der Waals surface area contributed by atoms with Gasteiger partial charge in [-0.1, -0.05) is 127 Å². The molecule has 3 nitrogen and oxygen atoms in total. The van der Waals surface area contributed by atoms with Crippen molar-refractivity contribution in [1.82, 2.24) is 4.57 Å². The first-order valence-electron chi connectivity index (χ1n) is 16.2. The van der Waals surface area contributed by atoms with E-state index in [0.717, 1.165) is 49.4 Å². The van der Waals surface area contributed by atoms with Crippen LogP contribution in [-0.4, -0.2) is 4.57 Å². The van der Waals surface area contributed by atoms with Crippen molar-refractivity contribution in [2.45, 2.75) is 5.41 Å². The Bertz CT molecular complexity index is 2720. The van der Waals surface area contributed by atoms with E-state index < -0.39 is 12.6 Å². The van der Waals surface area contributed by atoms with E-state index in [2.05, 4.69) is 114 Å². The van der Waals surface area contributed by atoms with Crippen molar-refractivity contribution >= 4 is 44.9 Å². The zero-order valence-corrected chi connectivity index (χ0v) is 26.7. The van der Waals surface area contributed by atoms with Gasteiger partial charge in [-0.25, -0.2) is 0 Å². The highest BCUT2D eigenvalue weighted by Gasteiger charge is 2.54. The fourth-order valence-electron chi connectivity index (χ4n) is 8.57. The third-order valence-electron chi connectivity index (χ3n) is 10.5. The average molecular weight is 631 g/mol. The molecule has 8 aromatic rings. The first kappa shape index (κ1) is 27.2. The maximum absolute atomic E-state index is 16.1. The molecule has 0 bridgehead atoms. The van der Waals surface area contributed by atoms with E-state index in [4.69, 9.17) is 0 Å². The third-order valence-corrected chi connectivity index (χ3v) is 13.7. The SMILES string of the molecule is N#Cc1ccc(-c2ccc3c(c2)C2(c4ccccc4-n4c5ccccc5c5cccc2c54)c2ccccc2P3(=O)c2ccccc2)cc1. The zero-order valence-electron chi connectivity index (χ0n) is 25.8. The number of nitrogens with zero attached hydrogens (tertiary/aromatic N) is 2. The molecule has 0 radical (unpaired) electrons. The van der Waals surface area contributed by atoms with E-state index in [1.54, 1.807) is 0 Å². The van der Waals surface area contributed by atoms with Crippen molar-refractivity contribution < 1.29 is 4.57 Å². The average Bonchev–Trinajstić information content (AvgIpc) is 3.50. The molecule has 0 N–H and O–H groups in total. The quantitative estimate of drug-likeness (QED) is 0.179. The van der Waals surface area contributed by atoms with Gasteiger partial charge in [0.2, 0.25) is 0 Å². The second-order valence-electron chi connectivity index (χ2n) is 12.7. The monoisotopic (exact) mass is 630 g/mol. The topological polar surface area (TPSA) is 45.8 Å². The van der Waals surface area contributed by atoms with Crippen molar-refractivity contribution in [3.8, 4) is 22.9 Å². The van der Waals surface area contributed by atoms with Gasteiger partial charge in [0.05, 0.1) is 33.8 Å². The highest BCUT2D eigenvalue weighted by Crippen LogP contribution is 2.61. The molecule has 2 atom stereocenters. The number of aromatic nitrogens is 1. The fourth-order valence-corrected chi connectivity index (χ4v) is 11.7. The number of para-hydroxylation sites is 3. The minimum absolute atomic E-state index is 0.622. The van der Waals surface area contributed by atoms with Crippen molar-refractivity contribution in [3.63, 3.8) is 0 Å². The summed E-state index contributed by atoms with van der Waals surface area (Å²) in [6.07, 6.45) is 0. The Labute approximate surface area is 278 Å². The molecule has 7 aromatic carbocycles. The smallest absolute Gasteiger partial charge is 0.171 e. The Morgan fingerprint density at radius 2 is 1.19 bits per heavy atom. The van der Waals surface area contributed by atoms with Crippen LogP contribution in [0.25, 0.3) is 38.6 Å². The first-order valence-corrected chi connectivity index (χ1v) is 17.9. The molecule has 1 spiro atoms. The van der Waals surface area contributed by atoms with E-state index in [1.165, 1.54) is 27.4 Å². The Morgan fingerprint density at radius 1 is 0.542 bits per heavy atom. The molecule has 0 aliphatic carbocycles. The van der Waals surface area contributed by atoms with E-state index in [1.807, 2.05) is 60.7 Å². The summed E-state index contributed by atoms with van der Waals surface area (Å²) in [6.45, 7) is 0. The molecule has 3 heterocycles. The number of hydrogen-bond donors (Lipinski definition) is 0. The van der Waals surface area contributed by atoms with Crippen LogP contribution in [-0.2, 0) is 9.98 Å². The summed E-state index contributed by atoms with van der Waals surface area (Å²) in [6, 6.07) is 59.0. The Hall–Kier alpha value is -5.94. The van der Waals surface area contributed by atoms with Crippen LogP contribution in [0, 0.1) is 11.3 Å². The molecule has 0 amide bonds. The minimum Gasteiger partial charge on any atom is -0.309 e. The predicted octanol–water partition coefficient (Wildman–Crippen LogP) is 8.97. The lowest BCUT2D eigenvalue weighted by molar-refractivity contribution is 0.590. The van der Waals surface area contributed by atoms with Crippen molar-refractivity contribution in [2.75, 3.05) is 0 Å². The fraction of sp³-hybridized carbons (Fsp3) is 0.0227. The van der Waals surface area contributed by atoms with Crippen molar-refractivity contribution in [3.05, 3.63) is 192 Å². The summed E-state index contributed by atoms with van der Waals surface area (Å²) in [4.78, 5) is 0. The molecule has 10 rings (SSSR count). The lowest BCUT2D eigenvalue weighted by Crippen LogP contribution is -2.48. The normalized spacial score (nSPS) is 18.6. The van der Waals surface area contributed by atoms with Crippen LogP contribution in [0.5, 0.6) is 0 Å². The van der Waals surface area contributed by atoms with Gasteiger partial charge in [-0.3, -0.25) is 0 Å². The van der Waals surface area contributed by atoms with Crippen molar-refractivity contribution in [1.29, 1.82) is 5.26 Å². The van der Waals surface area contributed by atoms with E-state index >= 15 is 4.57 Å². The molecule has 224 valence electrons. The van der Waals surface area contributed by atoms with E-state index in [9.17, 15) is 5.26 Å². The molecule has 2 aliphatic heterocycles. The van der Waals surface area contributed by atoms with Gasteiger partial charge in [0.25, 0.3) is 0 Å². The molecule has 1 aromatic heterocycles. The molecule has 0 fully saturated rings. The molecular formula is C44H27N2OP. The maximum atomic E-state index is 16.1. The van der Waals surface area contributed by atoms with Crippen LogP contribution in [0.15, 0.2) is 164 Å². The molecule has 2 aliphatic rings. The van der Waals surface area contributed by atoms with Gasteiger partial charge in [-0.2, -0.15) is 5.26 Å².